The van der Waals surface area contributed by atoms with Crippen LogP contribution in [0.3, 0.4) is 0 Å². The molecule has 2 radical (unpaired) electrons. The third-order valence-corrected chi connectivity index (χ3v) is 6.72. The van der Waals surface area contributed by atoms with Gasteiger partial charge >= 0.3 is 0 Å². The summed E-state index contributed by atoms with van der Waals surface area (Å²) in [6, 6.07) is 23.4. The lowest BCUT2D eigenvalue weighted by atomic mass is 9.57. The lowest BCUT2D eigenvalue weighted by molar-refractivity contribution is 0.398. The summed E-state index contributed by atoms with van der Waals surface area (Å²) in [7, 11) is 6.77. The van der Waals surface area contributed by atoms with Crippen LogP contribution in [0.2, 0.25) is 0 Å². The van der Waals surface area contributed by atoms with E-state index in [1.54, 1.807) is 0 Å². The number of fused-ring (bicyclic) bond motifs is 4. The monoisotopic (exact) mass is 387 g/mol. The SMILES string of the molecule is [B]C1(c2ccnc(-c3ccc4c(c3)oc3cc5ccccc5cc34)c2)CCCCC1. The van der Waals surface area contributed by atoms with Crippen LogP contribution in [0.4, 0.5) is 0 Å². The maximum absolute atomic E-state index is 6.77. The second kappa shape index (κ2) is 6.73. The van der Waals surface area contributed by atoms with E-state index in [2.05, 4.69) is 71.7 Å². The summed E-state index contributed by atoms with van der Waals surface area (Å²) in [6.45, 7) is 0. The molecule has 0 saturated heterocycles. The number of hydrogen-bond donors (Lipinski definition) is 0. The first-order valence-corrected chi connectivity index (χ1v) is 10.8. The van der Waals surface area contributed by atoms with Crippen LogP contribution >= 0.6 is 0 Å². The van der Waals surface area contributed by atoms with Gasteiger partial charge in [-0.1, -0.05) is 62.4 Å². The van der Waals surface area contributed by atoms with Crippen LogP contribution in [0.25, 0.3) is 44.0 Å². The number of furan rings is 1. The Balaban J connectivity index is 1.46. The maximum atomic E-state index is 6.77. The van der Waals surface area contributed by atoms with Crippen molar-refractivity contribution < 1.29 is 4.42 Å². The molecule has 0 unspecified atom stereocenters. The fraction of sp³-hybridized carbons (Fsp3) is 0.222. The van der Waals surface area contributed by atoms with Crippen molar-refractivity contribution in [3.63, 3.8) is 0 Å². The third kappa shape index (κ3) is 2.84. The topological polar surface area (TPSA) is 26.0 Å². The molecule has 0 N–H and O–H groups in total. The molecule has 1 aliphatic rings. The van der Waals surface area contributed by atoms with Crippen LogP contribution in [0, 0.1) is 0 Å². The van der Waals surface area contributed by atoms with Crippen molar-refractivity contribution in [2.45, 2.75) is 37.4 Å². The fourth-order valence-electron chi connectivity index (χ4n) is 4.99. The Morgan fingerprint density at radius 1 is 0.767 bits per heavy atom. The van der Waals surface area contributed by atoms with Crippen LogP contribution < -0.4 is 0 Å². The molecule has 5 aromatic rings. The zero-order chi connectivity index (χ0) is 20.1. The third-order valence-electron chi connectivity index (χ3n) is 6.72. The molecule has 6 rings (SSSR count). The minimum Gasteiger partial charge on any atom is -0.456 e. The number of benzene rings is 3. The second-order valence-electron chi connectivity index (χ2n) is 8.66. The molecule has 30 heavy (non-hydrogen) atoms. The Morgan fingerprint density at radius 3 is 2.37 bits per heavy atom. The Bertz CT molecular complexity index is 1390. The van der Waals surface area contributed by atoms with Crippen molar-refractivity contribution in [2.24, 2.45) is 0 Å². The predicted molar refractivity (Wildman–Crippen MR) is 125 cm³/mol. The largest absolute Gasteiger partial charge is 0.456 e. The lowest BCUT2D eigenvalue weighted by Gasteiger charge is -2.34. The average molecular weight is 387 g/mol. The molecule has 1 saturated carbocycles. The Hall–Kier alpha value is -3.07. The summed E-state index contributed by atoms with van der Waals surface area (Å²) in [5.41, 5.74) is 5.03. The standard InChI is InChI=1S/C27H22BNO/c28-27(11-4-1-5-12-27)21-10-13-29-24(17-21)20-8-9-22-23-14-18-6-2-3-7-19(18)15-26(23)30-25(22)16-20/h2-3,6-10,13-17H,1,4-5,11-12H2. The molecule has 0 bridgehead atoms. The van der Waals surface area contributed by atoms with E-state index >= 15 is 0 Å². The van der Waals surface area contributed by atoms with Crippen LogP contribution in [0.15, 0.2) is 77.3 Å². The first kappa shape index (κ1) is 17.8. The first-order chi connectivity index (χ1) is 14.7. The molecule has 0 aliphatic heterocycles. The zero-order valence-electron chi connectivity index (χ0n) is 16.9. The molecule has 0 amide bonds. The fourth-order valence-corrected chi connectivity index (χ4v) is 4.99. The Morgan fingerprint density at radius 2 is 1.53 bits per heavy atom. The van der Waals surface area contributed by atoms with Gasteiger partial charge in [0.05, 0.1) is 13.5 Å². The highest BCUT2D eigenvalue weighted by atomic mass is 16.3. The highest BCUT2D eigenvalue weighted by molar-refractivity contribution is 6.16. The van der Waals surface area contributed by atoms with E-state index in [1.807, 2.05) is 6.20 Å². The molecule has 2 aromatic heterocycles. The van der Waals surface area contributed by atoms with Crippen LogP contribution in [-0.2, 0) is 5.31 Å². The van der Waals surface area contributed by atoms with Crippen molar-refractivity contribution in [1.29, 1.82) is 0 Å². The van der Waals surface area contributed by atoms with E-state index in [9.17, 15) is 0 Å². The maximum Gasteiger partial charge on any atom is 0.136 e. The number of rotatable bonds is 2. The molecule has 3 aromatic carbocycles. The summed E-state index contributed by atoms with van der Waals surface area (Å²) in [5.74, 6) is 0. The van der Waals surface area contributed by atoms with E-state index in [0.717, 1.165) is 46.0 Å². The molecule has 0 atom stereocenters. The van der Waals surface area contributed by atoms with Gasteiger partial charge in [-0.25, -0.2) is 0 Å². The van der Waals surface area contributed by atoms with Gasteiger partial charge < -0.3 is 4.42 Å². The van der Waals surface area contributed by atoms with Crippen LogP contribution in [0.1, 0.15) is 37.7 Å². The first-order valence-electron chi connectivity index (χ1n) is 10.8. The molecule has 3 heteroatoms. The van der Waals surface area contributed by atoms with Crippen molar-refractivity contribution >= 4 is 40.6 Å². The van der Waals surface area contributed by atoms with E-state index in [0.29, 0.717) is 0 Å². The van der Waals surface area contributed by atoms with E-state index in [1.165, 1.54) is 35.6 Å². The van der Waals surface area contributed by atoms with Gasteiger partial charge in [-0.2, -0.15) is 0 Å². The highest BCUT2D eigenvalue weighted by Gasteiger charge is 2.28. The van der Waals surface area contributed by atoms with Crippen molar-refractivity contribution in [1.82, 2.24) is 4.98 Å². The molecule has 2 heterocycles. The zero-order valence-corrected chi connectivity index (χ0v) is 16.9. The highest BCUT2D eigenvalue weighted by Crippen LogP contribution is 2.38. The number of aromatic nitrogens is 1. The smallest absolute Gasteiger partial charge is 0.136 e. The average Bonchev–Trinajstić information content (AvgIpc) is 3.14. The quantitative estimate of drug-likeness (QED) is 0.301. The van der Waals surface area contributed by atoms with E-state index in [-0.39, 0.29) is 5.31 Å². The van der Waals surface area contributed by atoms with Gasteiger partial charge in [0, 0.05) is 22.5 Å². The molecular weight excluding hydrogens is 365 g/mol. The van der Waals surface area contributed by atoms with Gasteiger partial charge in [0.1, 0.15) is 11.2 Å². The minimum atomic E-state index is -0.223. The summed E-state index contributed by atoms with van der Waals surface area (Å²) >= 11 is 0. The molecule has 1 fully saturated rings. The molecule has 0 spiro atoms. The van der Waals surface area contributed by atoms with E-state index < -0.39 is 0 Å². The predicted octanol–water partition coefficient (Wildman–Crippen LogP) is 7.13. The number of nitrogens with zero attached hydrogens (tertiary/aromatic N) is 1. The van der Waals surface area contributed by atoms with Gasteiger partial charge in [0.25, 0.3) is 0 Å². The van der Waals surface area contributed by atoms with Gasteiger partial charge in [-0.05, 0) is 58.0 Å². The van der Waals surface area contributed by atoms with E-state index in [4.69, 9.17) is 12.3 Å². The molecular formula is C27H22BNO. The molecule has 2 nitrogen and oxygen atoms in total. The van der Waals surface area contributed by atoms with Crippen LogP contribution in [-0.4, -0.2) is 12.8 Å². The Labute approximate surface area is 177 Å². The van der Waals surface area contributed by atoms with Gasteiger partial charge in [-0.3, -0.25) is 4.98 Å². The normalized spacial score (nSPS) is 16.4. The summed E-state index contributed by atoms with van der Waals surface area (Å²) in [6.07, 6.45) is 7.68. The van der Waals surface area contributed by atoms with Crippen molar-refractivity contribution in [2.75, 3.05) is 0 Å². The minimum absolute atomic E-state index is 0.223. The van der Waals surface area contributed by atoms with Crippen LogP contribution in [0.5, 0.6) is 0 Å². The van der Waals surface area contributed by atoms with Gasteiger partial charge in [0.2, 0.25) is 0 Å². The summed E-state index contributed by atoms with van der Waals surface area (Å²) in [5, 5.41) is 4.49. The van der Waals surface area contributed by atoms with Gasteiger partial charge in [-0.15, -0.1) is 0 Å². The summed E-state index contributed by atoms with van der Waals surface area (Å²) < 4.78 is 6.24. The molecule has 1 aliphatic carbocycles. The molecule has 144 valence electrons. The second-order valence-corrected chi connectivity index (χ2v) is 8.66. The Kier molecular flexibility index (Phi) is 3.99. The van der Waals surface area contributed by atoms with Crippen molar-refractivity contribution in [3.05, 3.63) is 78.5 Å². The lowest BCUT2D eigenvalue weighted by Crippen LogP contribution is -2.29. The van der Waals surface area contributed by atoms with Gasteiger partial charge in [0.15, 0.2) is 0 Å². The number of pyridine rings is 1. The van der Waals surface area contributed by atoms with Crippen molar-refractivity contribution in [3.8, 4) is 11.3 Å². The number of hydrogen-bond acceptors (Lipinski definition) is 2. The summed E-state index contributed by atoms with van der Waals surface area (Å²) in [4.78, 5) is 4.64.